The molecule has 0 aromatic heterocycles. The van der Waals surface area contributed by atoms with Gasteiger partial charge in [0, 0.05) is 0 Å². The van der Waals surface area contributed by atoms with E-state index in [9.17, 15) is 9.59 Å². The summed E-state index contributed by atoms with van der Waals surface area (Å²) in [7, 11) is 0. The molecular formula is C12H12O4. The number of carbonyl (C=O) groups is 2. The van der Waals surface area contributed by atoms with E-state index in [2.05, 4.69) is 0 Å². The fourth-order valence-corrected chi connectivity index (χ4v) is 1.79. The van der Waals surface area contributed by atoms with Crippen molar-refractivity contribution in [3.8, 4) is 0 Å². The average molecular weight is 220 g/mol. The topological polar surface area (TPSA) is 63.6 Å². The third-order valence-corrected chi connectivity index (χ3v) is 2.73. The Hall–Kier alpha value is -1.84. The van der Waals surface area contributed by atoms with Gasteiger partial charge >= 0.3 is 11.9 Å². The molecule has 1 fully saturated rings. The van der Waals surface area contributed by atoms with Gasteiger partial charge in [-0.15, -0.1) is 0 Å². The van der Waals surface area contributed by atoms with Crippen molar-refractivity contribution in [1.82, 2.24) is 0 Å². The number of ether oxygens (including phenoxy) is 1. The predicted molar refractivity (Wildman–Crippen MR) is 56.2 cm³/mol. The number of carboxylic acid groups (broad SMARTS) is 1. The molecule has 1 aliphatic heterocycles. The summed E-state index contributed by atoms with van der Waals surface area (Å²) in [5, 5.41) is 8.73. The average Bonchev–Trinajstić information content (AvgIpc) is 2.65. The highest BCUT2D eigenvalue weighted by Gasteiger charge is 2.26. The van der Waals surface area contributed by atoms with E-state index in [0.29, 0.717) is 13.0 Å². The molecule has 0 radical (unpaired) electrons. The summed E-state index contributed by atoms with van der Waals surface area (Å²) in [5.74, 6) is -1.16. The van der Waals surface area contributed by atoms with Gasteiger partial charge in [-0.1, -0.05) is 12.1 Å². The van der Waals surface area contributed by atoms with Gasteiger partial charge in [-0.3, -0.25) is 4.79 Å². The molecule has 1 atom stereocenters. The first-order valence-corrected chi connectivity index (χ1v) is 5.15. The molecular weight excluding hydrogens is 208 g/mol. The van der Waals surface area contributed by atoms with Crippen LogP contribution in [0.5, 0.6) is 0 Å². The number of carbonyl (C=O) groups excluding carboxylic acids is 1. The van der Waals surface area contributed by atoms with E-state index in [4.69, 9.17) is 9.84 Å². The normalized spacial score (nSPS) is 19.5. The summed E-state index contributed by atoms with van der Waals surface area (Å²) in [6.07, 6.45) is 1.37. The van der Waals surface area contributed by atoms with Crippen molar-refractivity contribution in [3.05, 3.63) is 35.4 Å². The number of esters is 1. The highest BCUT2D eigenvalue weighted by Crippen LogP contribution is 2.19. The van der Waals surface area contributed by atoms with Crippen LogP contribution in [-0.2, 0) is 16.0 Å². The lowest BCUT2D eigenvalue weighted by Gasteiger charge is -2.05. The van der Waals surface area contributed by atoms with Crippen LogP contribution in [0.4, 0.5) is 0 Å². The molecule has 1 heterocycles. The molecule has 4 heteroatoms. The van der Waals surface area contributed by atoms with Gasteiger partial charge in [-0.25, -0.2) is 4.79 Å². The van der Waals surface area contributed by atoms with Crippen LogP contribution < -0.4 is 0 Å². The van der Waals surface area contributed by atoms with Gasteiger partial charge in [-0.2, -0.15) is 0 Å². The monoisotopic (exact) mass is 220 g/mol. The summed E-state index contributed by atoms with van der Waals surface area (Å²) in [4.78, 5) is 21.9. The molecule has 0 amide bonds. The molecule has 1 N–H and O–H groups in total. The van der Waals surface area contributed by atoms with Crippen molar-refractivity contribution in [1.29, 1.82) is 0 Å². The van der Waals surface area contributed by atoms with Gasteiger partial charge < -0.3 is 9.84 Å². The number of benzene rings is 1. The van der Waals surface area contributed by atoms with Gasteiger partial charge in [0.05, 0.1) is 18.1 Å². The highest BCUT2D eigenvalue weighted by atomic mass is 16.5. The largest absolute Gasteiger partial charge is 0.478 e. The van der Waals surface area contributed by atoms with Crippen LogP contribution >= 0.6 is 0 Å². The summed E-state index contributed by atoms with van der Waals surface area (Å²) >= 11 is 0. The quantitative estimate of drug-likeness (QED) is 0.784. The van der Waals surface area contributed by atoms with E-state index >= 15 is 0 Å². The lowest BCUT2D eigenvalue weighted by Crippen LogP contribution is -2.10. The van der Waals surface area contributed by atoms with Gasteiger partial charge in [-0.05, 0) is 30.5 Å². The molecule has 0 saturated carbocycles. The zero-order valence-corrected chi connectivity index (χ0v) is 8.68. The van der Waals surface area contributed by atoms with Crippen molar-refractivity contribution in [2.75, 3.05) is 6.61 Å². The van der Waals surface area contributed by atoms with Gasteiger partial charge in [0.25, 0.3) is 0 Å². The second-order valence-corrected chi connectivity index (χ2v) is 3.86. The molecule has 0 spiro atoms. The van der Waals surface area contributed by atoms with Crippen LogP contribution in [0.3, 0.4) is 0 Å². The van der Waals surface area contributed by atoms with E-state index in [1.807, 2.05) is 0 Å². The Morgan fingerprint density at radius 1 is 1.38 bits per heavy atom. The van der Waals surface area contributed by atoms with E-state index in [1.54, 1.807) is 24.3 Å². The molecule has 0 bridgehead atoms. The first kappa shape index (κ1) is 10.7. The lowest BCUT2D eigenvalue weighted by atomic mass is 9.97. The maximum absolute atomic E-state index is 11.2. The Kier molecular flexibility index (Phi) is 2.90. The zero-order chi connectivity index (χ0) is 11.5. The van der Waals surface area contributed by atoms with Crippen molar-refractivity contribution in [3.63, 3.8) is 0 Å². The minimum Gasteiger partial charge on any atom is -0.478 e. The summed E-state index contributed by atoms with van der Waals surface area (Å²) in [6.45, 7) is 0.497. The van der Waals surface area contributed by atoms with Crippen molar-refractivity contribution in [2.45, 2.75) is 12.8 Å². The van der Waals surface area contributed by atoms with Crippen LogP contribution in [0.1, 0.15) is 22.3 Å². The Balaban J connectivity index is 2.05. The predicted octanol–water partition coefficient (Wildman–Crippen LogP) is 1.49. The number of hydrogen-bond donors (Lipinski definition) is 1. The first-order chi connectivity index (χ1) is 7.66. The van der Waals surface area contributed by atoms with E-state index in [1.165, 1.54) is 0 Å². The molecule has 1 aromatic rings. The Labute approximate surface area is 92.8 Å². The van der Waals surface area contributed by atoms with Crippen LogP contribution in [-0.4, -0.2) is 23.7 Å². The van der Waals surface area contributed by atoms with Gasteiger partial charge in [0.15, 0.2) is 0 Å². The van der Waals surface area contributed by atoms with E-state index in [0.717, 1.165) is 12.0 Å². The molecule has 1 aliphatic rings. The summed E-state index contributed by atoms with van der Waals surface area (Å²) in [5.41, 5.74) is 1.23. The second-order valence-electron chi connectivity index (χ2n) is 3.86. The maximum Gasteiger partial charge on any atom is 0.335 e. The van der Waals surface area contributed by atoms with Crippen molar-refractivity contribution >= 4 is 11.9 Å². The molecule has 2 rings (SSSR count). The molecule has 1 saturated heterocycles. The lowest BCUT2D eigenvalue weighted by molar-refractivity contribution is -0.141. The number of aromatic carboxylic acids is 1. The standard InChI is InChI=1S/C12H12O4/c13-11(14)9-3-1-8(2-4-9)7-10-5-6-16-12(10)15/h1-4,10H,5-7H2,(H,13,14). The summed E-state index contributed by atoms with van der Waals surface area (Å²) in [6, 6.07) is 6.60. The molecule has 1 unspecified atom stereocenters. The van der Waals surface area contributed by atoms with Crippen LogP contribution in [0.15, 0.2) is 24.3 Å². The van der Waals surface area contributed by atoms with Gasteiger partial charge in [0.2, 0.25) is 0 Å². The second kappa shape index (κ2) is 4.35. The fourth-order valence-electron chi connectivity index (χ4n) is 1.79. The Bertz CT molecular complexity index is 408. The molecule has 84 valence electrons. The Morgan fingerprint density at radius 3 is 2.56 bits per heavy atom. The smallest absolute Gasteiger partial charge is 0.335 e. The minimum atomic E-state index is -0.938. The number of rotatable bonds is 3. The van der Waals surface area contributed by atoms with Crippen molar-refractivity contribution in [2.24, 2.45) is 5.92 Å². The molecule has 1 aromatic carbocycles. The van der Waals surface area contributed by atoms with Gasteiger partial charge in [0.1, 0.15) is 0 Å². The van der Waals surface area contributed by atoms with Crippen LogP contribution in [0.25, 0.3) is 0 Å². The third kappa shape index (κ3) is 2.21. The zero-order valence-electron chi connectivity index (χ0n) is 8.68. The van der Waals surface area contributed by atoms with E-state index < -0.39 is 5.97 Å². The maximum atomic E-state index is 11.2. The minimum absolute atomic E-state index is 0.0734. The number of cyclic esters (lactones) is 1. The number of carboxylic acids is 1. The Morgan fingerprint density at radius 2 is 2.06 bits per heavy atom. The molecule has 4 nitrogen and oxygen atoms in total. The number of hydrogen-bond acceptors (Lipinski definition) is 3. The first-order valence-electron chi connectivity index (χ1n) is 5.15. The molecule has 0 aliphatic carbocycles. The van der Waals surface area contributed by atoms with Crippen molar-refractivity contribution < 1.29 is 19.4 Å². The SMILES string of the molecule is O=C(O)c1ccc(CC2CCOC2=O)cc1. The molecule has 16 heavy (non-hydrogen) atoms. The van der Waals surface area contributed by atoms with E-state index in [-0.39, 0.29) is 17.5 Å². The fraction of sp³-hybridized carbons (Fsp3) is 0.333. The highest BCUT2D eigenvalue weighted by molar-refractivity contribution is 5.87. The van der Waals surface area contributed by atoms with Crippen LogP contribution in [0.2, 0.25) is 0 Å². The summed E-state index contributed by atoms with van der Waals surface area (Å²) < 4.78 is 4.87. The van der Waals surface area contributed by atoms with Crippen LogP contribution in [0, 0.1) is 5.92 Å². The third-order valence-electron chi connectivity index (χ3n) is 2.73.